The van der Waals surface area contributed by atoms with Crippen LogP contribution in [0.5, 0.6) is 5.75 Å². The number of ether oxygens (including phenoxy) is 1. The molecule has 3 aromatic rings. The van der Waals surface area contributed by atoms with Gasteiger partial charge in [0.15, 0.2) is 11.6 Å². The van der Waals surface area contributed by atoms with Gasteiger partial charge < -0.3 is 15.4 Å². The number of halogens is 3. The number of hydrogen-bond donors (Lipinski definition) is 2. The molecule has 172 valence electrons. The third kappa shape index (κ3) is 5.86. The van der Waals surface area contributed by atoms with E-state index in [1.54, 1.807) is 30.3 Å². The summed E-state index contributed by atoms with van der Waals surface area (Å²) in [5.74, 6) is -1.37. The minimum Gasteiger partial charge on any atom is -0.484 e. The molecule has 0 aliphatic rings. The number of amides is 2. The molecule has 0 fully saturated rings. The number of benzene rings is 2. The highest BCUT2D eigenvalue weighted by Gasteiger charge is 2.49. The highest BCUT2D eigenvalue weighted by Crippen LogP contribution is 2.31. The second-order valence-corrected chi connectivity index (χ2v) is 8.35. The summed E-state index contributed by atoms with van der Waals surface area (Å²) in [4.78, 5) is 27.7. The third-order valence-corrected chi connectivity index (χ3v) is 5.54. The van der Waals surface area contributed by atoms with Crippen LogP contribution in [-0.4, -0.2) is 37.3 Å². The molecule has 0 aliphatic heterocycles. The zero-order chi connectivity index (χ0) is 24.1. The predicted octanol–water partition coefficient (Wildman–Crippen LogP) is 3.64. The SMILES string of the molecule is O=C(COc1cccc(NC(=O)c2cccnc2S(=O)(=O)C(F)(F)F)c1)Nc1ccccc1. The molecule has 0 atom stereocenters. The number of rotatable bonds is 7. The number of aromatic nitrogens is 1. The molecule has 0 saturated heterocycles. The Bertz CT molecular complexity index is 1270. The number of pyridine rings is 1. The Morgan fingerprint density at radius 2 is 1.61 bits per heavy atom. The van der Waals surface area contributed by atoms with Crippen molar-refractivity contribution in [2.75, 3.05) is 17.2 Å². The van der Waals surface area contributed by atoms with Crippen LogP contribution in [0.1, 0.15) is 10.4 Å². The number of nitrogens with one attached hydrogen (secondary N) is 2. The van der Waals surface area contributed by atoms with E-state index in [0.29, 0.717) is 5.69 Å². The number of hydrogen-bond acceptors (Lipinski definition) is 6. The summed E-state index contributed by atoms with van der Waals surface area (Å²) < 4.78 is 67.6. The molecule has 8 nitrogen and oxygen atoms in total. The van der Waals surface area contributed by atoms with Gasteiger partial charge in [0.1, 0.15) is 5.75 Å². The van der Waals surface area contributed by atoms with Gasteiger partial charge in [-0.2, -0.15) is 13.2 Å². The van der Waals surface area contributed by atoms with Crippen molar-refractivity contribution in [1.29, 1.82) is 0 Å². The standard InChI is InChI=1S/C21H16F3N3O5S/c22-21(23,24)33(30,31)20-17(10-5-11-25-20)19(29)27-15-8-4-9-16(12-15)32-13-18(28)26-14-6-2-1-3-7-14/h1-12H,13H2,(H,26,28)(H,27,29). The Morgan fingerprint density at radius 3 is 2.30 bits per heavy atom. The first-order valence-corrected chi connectivity index (χ1v) is 10.7. The Hall–Kier alpha value is -3.93. The van der Waals surface area contributed by atoms with E-state index in [0.717, 1.165) is 18.3 Å². The summed E-state index contributed by atoms with van der Waals surface area (Å²) in [6, 6.07) is 16.4. The molecule has 3 rings (SSSR count). The molecular formula is C21H16F3N3O5S. The first-order valence-electron chi connectivity index (χ1n) is 9.23. The van der Waals surface area contributed by atoms with Crippen molar-refractivity contribution in [1.82, 2.24) is 4.98 Å². The number of nitrogens with zero attached hydrogens (tertiary/aromatic N) is 1. The van der Waals surface area contributed by atoms with Gasteiger partial charge in [-0.1, -0.05) is 24.3 Å². The molecule has 0 saturated carbocycles. The molecule has 2 N–H and O–H groups in total. The van der Waals surface area contributed by atoms with Crippen LogP contribution in [0.4, 0.5) is 24.5 Å². The highest BCUT2D eigenvalue weighted by atomic mass is 32.2. The minimum atomic E-state index is -5.84. The number of para-hydroxylation sites is 1. The molecule has 1 heterocycles. The summed E-state index contributed by atoms with van der Waals surface area (Å²) in [6.07, 6.45) is 0.838. The van der Waals surface area contributed by atoms with Crippen LogP contribution in [0.3, 0.4) is 0 Å². The van der Waals surface area contributed by atoms with Crippen molar-refractivity contribution < 1.29 is 35.9 Å². The van der Waals surface area contributed by atoms with Gasteiger partial charge in [-0.3, -0.25) is 9.59 Å². The molecule has 0 unspecified atom stereocenters. The van der Waals surface area contributed by atoms with Crippen LogP contribution in [0.2, 0.25) is 0 Å². The van der Waals surface area contributed by atoms with Crippen LogP contribution in [0.25, 0.3) is 0 Å². The lowest BCUT2D eigenvalue weighted by molar-refractivity contribution is -0.118. The lowest BCUT2D eigenvalue weighted by Crippen LogP contribution is -2.27. The lowest BCUT2D eigenvalue weighted by atomic mass is 10.2. The maximum absolute atomic E-state index is 12.9. The van der Waals surface area contributed by atoms with E-state index in [1.807, 2.05) is 0 Å². The van der Waals surface area contributed by atoms with Crippen LogP contribution in [-0.2, 0) is 14.6 Å². The monoisotopic (exact) mass is 479 g/mol. The fourth-order valence-corrected chi connectivity index (χ4v) is 3.49. The fraction of sp³-hybridized carbons (Fsp3) is 0.0952. The Labute approximate surface area is 186 Å². The van der Waals surface area contributed by atoms with Gasteiger partial charge >= 0.3 is 5.51 Å². The van der Waals surface area contributed by atoms with Gasteiger partial charge in [0, 0.05) is 23.6 Å². The molecular weight excluding hydrogens is 463 g/mol. The normalized spacial score (nSPS) is 11.5. The fourth-order valence-electron chi connectivity index (χ4n) is 2.62. The van der Waals surface area contributed by atoms with Crippen molar-refractivity contribution in [3.05, 3.63) is 78.5 Å². The summed E-state index contributed by atoms with van der Waals surface area (Å²) in [7, 11) is -5.84. The first kappa shape index (κ1) is 23.7. The van der Waals surface area contributed by atoms with Crippen LogP contribution >= 0.6 is 0 Å². The zero-order valence-corrected chi connectivity index (χ0v) is 17.5. The van der Waals surface area contributed by atoms with Crippen molar-refractivity contribution in [2.24, 2.45) is 0 Å². The number of carbonyl (C=O) groups excluding carboxylic acids is 2. The van der Waals surface area contributed by atoms with Crippen LogP contribution in [0.15, 0.2) is 78.0 Å². The molecule has 0 spiro atoms. The molecule has 0 aliphatic carbocycles. The molecule has 33 heavy (non-hydrogen) atoms. The number of alkyl halides is 3. The number of anilines is 2. The quantitative estimate of drug-likeness (QED) is 0.535. The van der Waals surface area contributed by atoms with Gasteiger partial charge in [0.05, 0.1) is 5.56 Å². The van der Waals surface area contributed by atoms with Crippen molar-refractivity contribution >= 4 is 33.0 Å². The molecule has 1 aromatic heterocycles. The average Bonchev–Trinajstić information content (AvgIpc) is 2.78. The van der Waals surface area contributed by atoms with Gasteiger partial charge in [-0.05, 0) is 36.4 Å². The largest absolute Gasteiger partial charge is 0.503 e. The highest BCUT2D eigenvalue weighted by molar-refractivity contribution is 7.92. The van der Waals surface area contributed by atoms with Crippen molar-refractivity contribution in [3.8, 4) is 5.75 Å². The van der Waals surface area contributed by atoms with E-state index >= 15 is 0 Å². The van der Waals surface area contributed by atoms with Gasteiger partial charge in [-0.25, -0.2) is 13.4 Å². The Balaban J connectivity index is 1.70. The summed E-state index contributed by atoms with van der Waals surface area (Å²) in [5, 5.41) is 3.52. The number of sulfone groups is 1. The summed E-state index contributed by atoms with van der Waals surface area (Å²) in [5.41, 5.74) is -5.72. The van der Waals surface area contributed by atoms with Crippen LogP contribution < -0.4 is 15.4 Å². The Morgan fingerprint density at radius 1 is 0.909 bits per heavy atom. The molecule has 2 amide bonds. The van der Waals surface area contributed by atoms with Gasteiger partial charge in [0.2, 0.25) is 0 Å². The molecule has 0 radical (unpaired) electrons. The van der Waals surface area contributed by atoms with E-state index in [4.69, 9.17) is 4.74 Å². The zero-order valence-electron chi connectivity index (χ0n) is 16.7. The van der Waals surface area contributed by atoms with E-state index in [2.05, 4.69) is 15.6 Å². The molecule has 12 heteroatoms. The minimum absolute atomic E-state index is 0.0974. The van der Waals surface area contributed by atoms with E-state index < -0.39 is 37.7 Å². The third-order valence-electron chi connectivity index (χ3n) is 4.09. The van der Waals surface area contributed by atoms with Gasteiger partial charge in [-0.15, -0.1) is 0 Å². The molecule has 0 bridgehead atoms. The summed E-state index contributed by atoms with van der Waals surface area (Å²) in [6.45, 7) is -0.344. The smallest absolute Gasteiger partial charge is 0.484 e. The maximum Gasteiger partial charge on any atom is 0.503 e. The predicted molar refractivity (Wildman–Crippen MR) is 112 cm³/mol. The topological polar surface area (TPSA) is 114 Å². The second kappa shape index (κ2) is 9.69. The summed E-state index contributed by atoms with van der Waals surface area (Å²) >= 11 is 0. The second-order valence-electron chi connectivity index (χ2n) is 6.49. The van der Waals surface area contributed by atoms with Crippen molar-refractivity contribution in [2.45, 2.75) is 10.5 Å². The Kier molecular flexibility index (Phi) is 6.97. The average molecular weight is 479 g/mol. The van der Waals surface area contributed by atoms with Crippen molar-refractivity contribution in [3.63, 3.8) is 0 Å². The molecule has 2 aromatic carbocycles. The van der Waals surface area contributed by atoms with E-state index in [9.17, 15) is 31.2 Å². The van der Waals surface area contributed by atoms with E-state index in [1.165, 1.54) is 24.3 Å². The van der Waals surface area contributed by atoms with Gasteiger partial charge in [0.25, 0.3) is 21.7 Å². The number of carbonyl (C=O) groups is 2. The first-order chi connectivity index (χ1) is 15.6. The van der Waals surface area contributed by atoms with E-state index in [-0.39, 0.29) is 18.0 Å². The van der Waals surface area contributed by atoms with Crippen LogP contribution in [0, 0.1) is 0 Å². The lowest BCUT2D eigenvalue weighted by Gasteiger charge is -2.12. The maximum atomic E-state index is 12.9.